The molecule has 0 saturated carbocycles. The summed E-state index contributed by atoms with van der Waals surface area (Å²) in [6.45, 7) is 1.41. The Bertz CT molecular complexity index is 527. The van der Waals surface area contributed by atoms with Gasteiger partial charge in [-0.25, -0.2) is 8.42 Å². The van der Waals surface area contributed by atoms with Crippen molar-refractivity contribution in [3.63, 3.8) is 0 Å². The molecule has 0 bridgehead atoms. The Morgan fingerprint density at radius 3 is 2.68 bits per heavy atom. The molecular weight excluding hydrogens is 264 g/mol. The molecule has 1 saturated heterocycles. The van der Waals surface area contributed by atoms with E-state index in [-0.39, 0.29) is 10.9 Å². The SMILES string of the molecule is CN(C)C1CCN(S(=O)(=O)c2ccc(CN)nc2)C1. The number of likely N-dealkylation sites (N-methyl/N-ethyl adjacent to an activating group) is 1. The first-order valence-corrected chi connectivity index (χ1v) is 7.70. The van der Waals surface area contributed by atoms with Crippen molar-refractivity contribution >= 4 is 10.0 Å². The van der Waals surface area contributed by atoms with Gasteiger partial charge in [0.25, 0.3) is 0 Å². The fraction of sp³-hybridized carbons (Fsp3) is 0.583. The molecule has 1 aromatic heterocycles. The van der Waals surface area contributed by atoms with Gasteiger partial charge in [-0.15, -0.1) is 0 Å². The zero-order valence-electron chi connectivity index (χ0n) is 11.3. The van der Waals surface area contributed by atoms with E-state index in [1.807, 2.05) is 14.1 Å². The van der Waals surface area contributed by atoms with Crippen LogP contribution < -0.4 is 5.73 Å². The molecule has 0 aliphatic carbocycles. The number of nitrogens with zero attached hydrogens (tertiary/aromatic N) is 3. The lowest BCUT2D eigenvalue weighted by Gasteiger charge is -2.20. The monoisotopic (exact) mass is 284 g/mol. The first-order valence-electron chi connectivity index (χ1n) is 6.26. The maximum atomic E-state index is 12.4. The highest BCUT2D eigenvalue weighted by Gasteiger charge is 2.33. The molecule has 1 aromatic rings. The minimum absolute atomic E-state index is 0.240. The number of sulfonamides is 1. The normalized spacial score (nSPS) is 21.2. The summed E-state index contributed by atoms with van der Waals surface area (Å²) < 4.78 is 26.4. The molecule has 1 aliphatic heterocycles. The van der Waals surface area contributed by atoms with Gasteiger partial charge in [-0.3, -0.25) is 4.98 Å². The van der Waals surface area contributed by atoms with E-state index in [0.717, 1.165) is 6.42 Å². The van der Waals surface area contributed by atoms with Gasteiger partial charge in [0, 0.05) is 31.9 Å². The van der Waals surface area contributed by atoms with Gasteiger partial charge >= 0.3 is 0 Å². The molecule has 106 valence electrons. The summed E-state index contributed by atoms with van der Waals surface area (Å²) in [5.41, 5.74) is 6.14. The minimum Gasteiger partial charge on any atom is -0.325 e. The third-order valence-electron chi connectivity index (χ3n) is 3.50. The van der Waals surface area contributed by atoms with Gasteiger partial charge in [0.15, 0.2) is 0 Å². The predicted octanol–water partition coefficient (Wildman–Crippen LogP) is -0.135. The van der Waals surface area contributed by atoms with E-state index < -0.39 is 10.0 Å². The standard InChI is InChI=1S/C12H20N4O2S/c1-15(2)11-5-6-16(9-11)19(17,18)12-4-3-10(7-13)14-8-12/h3-4,8,11H,5-7,9,13H2,1-2H3. The van der Waals surface area contributed by atoms with Crippen LogP contribution in [0, 0.1) is 0 Å². The van der Waals surface area contributed by atoms with Gasteiger partial charge in [0.1, 0.15) is 4.90 Å². The Kier molecular flexibility index (Phi) is 4.19. The molecule has 6 nitrogen and oxygen atoms in total. The largest absolute Gasteiger partial charge is 0.325 e. The fourth-order valence-corrected chi connectivity index (χ4v) is 3.62. The van der Waals surface area contributed by atoms with Crippen molar-refractivity contribution in [1.29, 1.82) is 0 Å². The fourth-order valence-electron chi connectivity index (χ4n) is 2.18. The summed E-state index contributed by atoms with van der Waals surface area (Å²) in [7, 11) is 0.514. The molecular formula is C12H20N4O2S. The second-order valence-electron chi connectivity index (χ2n) is 4.96. The highest BCUT2D eigenvalue weighted by molar-refractivity contribution is 7.89. The van der Waals surface area contributed by atoms with Crippen molar-refractivity contribution in [1.82, 2.24) is 14.2 Å². The maximum Gasteiger partial charge on any atom is 0.244 e. The summed E-state index contributed by atoms with van der Waals surface area (Å²) in [6, 6.07) is 3.52. The first-order chi connectivity index (χ1) is 8.95. The summed E-state index contributed by atoms with van der Waals surface area (Å²) in [4.78, 5) is 6.35. The molecule has 2 heterocycles. The third-order valence-corrected chi connectivity index (χ3v) is 5.35. The summed E-state index contributed by atoms with van der Waals surface area (Å²) in [6.07, 6.45) is 2.25. The molecule has 7 heteroatoms. The van der Waals surface area contributed by atoms with E-state index in [9.17, 15) is 8.42 Å². The lowest BCUT2D eigenvalue weighted by atomic mass is 10.2. The Balaban J connectivity index is 2.18. The van der Waals surface area contributed by atoms with Crippen LogP contribution in [0.4, 0.5) is 0 Å². The zero-order valence-corrected chi connectivity index (χ0v) is 12.1. The molecule has 19 heavy (non-hydrogen) atoms. The molecule has 1 fully saturated rings. The summed E-state index contributed by atoms with van der Waals surface area (Å²) in [5.74, 6) is 0. The van der Waals surface area contributed by atoms with Crippen LogP contribution in [-0.2, 0) is 16.6 Å². The van der Waals surface area contributed by atoms with Gasteiger partial charge in [0.2, 0.25) is 10.0 Å². The van der Waals surface area contributed by atoms with Crippen molar-refractivity contribution in [3.05, 3.63) is 24.0 Å². The molecule has 2 N–H and O–H groups in total. The zero-order chi connectivity index (χ0) is 14.0. The van der Waals surface area contributed by atoms with Gasteiger partial charge in [-0.05, 0) is 32.6 Å². The number of aromatic nitrogens is 1. The highest BCUT2D eigenvalue weighted by atomic mass is 32.2. The Labute approximate surface area is 114 Å². The Morgan fingerprint density at radius 1 is 1.47 bits per heavy atom. The van der Waals surface area contributed by atoms with Crippen LogP contribution in [0.2, 0.25) is 0 Å². The van der Waals surface area contributed by atoms with Crippen molar-refractivity contribution in [2.24, 2.45) is 5.73 Å². The summed E-state index contributed by atoms with van der Waals surface area (Å²) >= 11 is 0. The average molecular weight is 284 g/mol. The van der Waals surface area contributed by atoms with Gasteiger partial charge < -0.3 is 10.6 Å². The smallest absolute Gasteiger partial charge is 0.244 e. The second kappa shape index (κ2) is 5.54. The van der Waals surface area contributed by atoms with Gasteiger partial charge in [0.05, 0.1) is 5.69 Å². The van der Waals surface area contributed by atoms with Crippen molar-refractivity contribution in [3.8, 4) is 0 Å². The average Bonchev–Trinajstić information content (AvgIpc) is 2.89. The van der Waals surface area contributed by atoms with E-state index in [1.165, 1.54) is 10.5 Å². The van der Waals surface area contributed by atoms with Crippen LogP contribution in [0.5, 0.6) is 0 Å². The van der Waals surface area contributed by atoms with E-state index in [1.54, 1.807) is 12.1 Å². The van der Waals surface area contributed by atoms with Crippen molar-refractivity contribution in [2.45, 2.75) is 23.9 Å². The van der Waals surface area contributed by atoms with E-state index in [4.69, 9.17) is 5.73 Å². The molecule has 1 aliphatic rings. The van der Waals surface area contributed by atoms with Crippen LogP contribution in [0.15, 0.2) is 23.2 Å². The Morgan fingerprint density at radius 2 is 2.21 bits per heavy atom. The molecule has 0 spiro atoms. The minimum atomic E-state index is -3.43. The lowest BCUT2D eigenvalue weighted by molar-refractivity contribution is 0.302. The predicted molar refractivity (Wildman–Crippen MR) is 73.0 cm³/mol. The van der Waals surface area contributed by atoms with Crippen LogP contribution >= 0.6 is 0 Å². The molecule has 1 atom stereocenters. The highest BCUT2D eigenvalue weighted by Crippen LogP contribution is 2.22. The van der Waals surface area contributed by atoms with Crippen LogP contribution in [0.1, 0.15) is 12.1 Å². The van der Waals surface area contributed by atoms with Crippen LogP contribution in [0.25, 0.3) is 0 Å². The van der Waals surface area contributed by atoms with Crippen molar-refractivity contribution in [2.75, 3.05) is 27.2 Å². The van der Waals surface area contributed by atoms with Gasteiger partial charge in [-0.1, -0.05) is 0 Å². The number of nitrogens with two attached hydrogens (primary N) is 1. The molecule has 2 rings (SSSR count). The molecule has 0 amide bonds. The molecule has 1 unspecified atom stereocenters. The number of hydrogen-bond donors (Lipinski definition) is 1. The lowest BCUT2D eigenvalue weighted by Crippen LogP contribution is -2.34. The van der Waals surface area contributed by atoms with E-state index in [2.05, 4.69) is 9.88 Å². The molecule has 0 aromatic carbocycles. The second-order valence-corrected chi connectivity index (χ2v) is 6.90. The van der Waals surface area contributed by atoms with Crippen molar-refractivity contribution < 1.29 is 8.42 Å². The topological polar surface area (TPSA) is 79.5 Å². The number of pyridine rings is 1. The third kappa shape index (κ3) is 2.94. The summed E-state index contributed by atoms with van der Waals surface area (Å²) in [5, 5.41) is 0. The van der Waals surface area contributed by atoms with E-state index >= 15 is 0 Å². The Hall–Kier alpha value is -1.02. The quantitative estimate of drug-likeness (QED) is 0.833. The maximum absolute atomic E-state index is 12.4. The van der Waals surface area contributed by atoms with Crippen LogP contribution in [0.3, 0.4) is 0 Å². The van der Waals surface area contributed by atoms with Gasteiger partial charge in [-0.2, -0.15) is 4.31 Å². The number of rotatable bonds is 4. The van der Waals surface area contributed by atoms with E-state index in [0.29, 0.717) is 25.3 Å². The number of hydrogen-bond acceptors (Lipinski definition) is 5. The molecule has 0 radical (unpaired) electrons. The first kappa shape index (κ1) is 14.4. The van der Waals surface area contributed by atoms with Crippen LogP contribution in [-0.4, -0.2) is 55.8 Å².